The Kier molecular flexibility index (Phi) is 4.88. The van der Waals surface area contributed by atoms with E-state index in [1.807, 2.05) is 0 Å². The summed E-state index contributed by atoms with van der Waals surface area (Å²) in [4.78, 5) is 0. The Labute approximate surface area is 137 Å². The van der Waals surface area contributed by atoms with Crippen LogP contribution in [-0.2, 0) is 4.74 Å². The quantitative estimate of drug-likeness (QED) is 0.582. The van der Waals surface area contributed by atoms with E-state index in [0.717, 1.165) is 0 Å². The third kappa shape index (κ3) is 3.04. The Morgan fingerprint density at radius 1 is 1.33 bits per heavy atom. The van der Waals surface area contributed by atoms with Gasteiger partial charge in [0.25, 0.3) is 0 Å². The SMILES string of the molecule is CN[C@@H]1OC(CO)[C@H](O)[C@H](n2cc(-c3cccc(F)c3)nn2)C1O. The predicted octanol–water partition coefficient (Wildman–Crippen LogP) is -0.716. The number of likely N-dealkylation sites (N-methyl/N-ethyl adjacent to an activating group) is 1. The number of aromatic nitrogens is 3. The van der Waals surface area contributed by atoms with Gasteiger partial charge in [0.1, 0.15) is 42.1 Å². The van der Waals surface area contributed by atoms with Crippen molar-refractivity contribution in [3.8, 4) is 11.3 Å². The second kappa shape index (κ2) is 6.91. The van der Waals surface area contributed by atoms with Crippen molar-refractivity contribution >= 4 is 0 Å². The van der Waals surface area contributed by atoms with Gasteiger partial charge >= 0.3 is 0 Å². The minimum atomic E-state index is -1.18. The van der Waals surface area contributed by atoms with Crippen molar-refractivity contribution in [3.63, 3.8) is 0 Å². The molecule has 1 aliphatic rings. The lowest BCUT2D eigenvalue weighted by atomic mass is 9.95. The summed E-state index contributed by atoms with van der Waals surface area (Å²) in [6.45, 7) is -0.409. The van der Waals surface area contributed by atoms with Crippen LogP contribution in [0.2, 0.25) is 0 Å². The first-order valence-corrected chi connectivity index (χ1v) is 7.52. The summed E-state index contributed by atoms with van der Waals surface area (Å²) in [6, 6.07) is 5.01. The van der Waals surface area contributed by atoms with Crippen LogP contribution in [-0.4, -0.2) is 68.5 Å². The molecule has 0 amide bonds. The number of hydrogen-bond acceptors (Lipinski definition) is 7. The fraction of sp³-hybridized carbons (Fsp3) is 0.467. The molecule has 0 saturated carbocycles. The zero-order valence-electron chi connectivity index (χ0n) is 13.0. The Morgan fingerprint density at radius 3 is 2.79 bits per heavy atom. The lowest BCUT2D eigenvalue weighted by molar-refractivity contribution is -0.212. The molecular weight excluding hydrogens is 319 g/mol. The lowest BCUT2D eigenvalue weighted by Gasteiger charge is -2.41. The molecule has 9 heteroatoms. The van der Waals surface area contributed by atoms with Gasteiger partial charge in [-0.15, -0.1) is 5.10 Å². The van der Waals surface area contributed by atoms with Crippen molar-refractivity contribution in [2.24, 2.45) is 0 Å². The molecule has 0 spiro atoms. The smallest absolute Gasteiger partial charge is 0.136 e. The van der Waals surface area contributed by atoms with E-state index in [0.29, 0.717) is 11.3 Å². The Hall–Kier alpha value is -1.91. The first-order valence-electron chi connectivity index (χ1n) is 7.52. The second-order valence-corrected chi connectivity index (χ2v) is 5.63. The highest BCUT2D eigenvalue weighted by Crippen LogP contribution is 2.29. The van der Waals surface area contributed by atoms with Gasteiger partial charge in [-0.05, 0) is 19.2 Å². The van der Waals surface area contributed by atoms with Gasteiger partial charge in [0.2, 0.25) is 0 Å². The number of aliphatic hydroxyl groups excluding tert-OH is 3. The topological polar surface area (TPSA) is 113 Å². The van der Waals surface area contributed by atoms with Crippen LogP contribution >= 0.6 is 0 Å². The highest BCUT2D eigenvalue weighted by atomic mass is 19.1. The van der Waals surface area contributed by atoms with Gasteiger partial charge in [-0.2, -0.15) is 0 Å². The molecule has 24 heavy (non-hydrogen) atoms. The van der Waals surface area contributed by atoms with Gasteiger partial charge in [-0.1, -0.05) is 17.3 Å². The summed E-state index contributed by atoms with van der Waals surface area (Å²) < 4.78 is 20.1. The molecule has 130 valence electrons. The van der Waals surface area contributed by atoms with E-state index in [4.69, 9.17) is 4.74 Å². The molecular formula is C15H19FN4O4. The van der Waals surface area contributed by atoms with Crippen LogP contribution < -0.4 is 5.32 Å². The largest absolute Gasteiger partial charge is 0.394 e. The zero-order valence-corrected chi connectivity index (χ0v) is 13.0. The Bertz CT molecular complexity index is 682. The maximum atomic E-state index is 13.3. The van der Waals surface area contributed by atoms with Crippen molar-refractivity contribution in [2.45, 2.75) is 30.6 Å². The maximum Gasteiger partial charge on any atom is 0.136 e. The Morgan fingerprint density at radius 2 is 2.12 bits per heavy atom. The molecule has 1 aromatic carbocycles. The van der Waals surface area contributed by atoms with E-state index >= 15 is 0 Å². The number of ether oxygens (including phenoxy) is 1. The minimum Gasteiger partial charge on any atom is -0.394 e. The van der Waals surface area contributed by atoms with Gasteiger partial charge in [0.15, 0.2) is 0 Å². The summed E-state index contributed by atoms with van der Waals surface area (Å²) in [5.41, 5.74) is 0.933. The molecule has 0 radical (unpaired) electrons. The monoisotopic (exact) mass is 338 g/mol. The van der Waals surface area contributed by atoms with E-state index < -0.39 is 43.0 Å². The molecule has 2 unspecified atom stereocenters. The van der Waals surface area contributed by atoms with Crippen LogP contribution in [0.5, 0.6) is 0 Å². The van der Waals surface area contributed by atoms with Crippen molar-refractivity contribution < 1.29 is 24.4 Å². The lowest BCUT2D eigenvalue weighted by Crippen LogP contribution is -2.59. The normalized spacial score (nSPS) is 30.5. The molecule has 1 saturated heterocycles. The van der Waals surface area contributed by atoms with Crippen LogP contribution in [0, 0.1) is 5.82 Å². The Balaban J connectivity index is 1.92. The third-order valence-corrected chi connectivity index (χ3v) is 4.11. The van der Waals surface area contributed by atoms with Crippen molar-refractivity contribution in [1.82, 2.24) is 20.3 Å². The van der Waals surface area contributed by atoms with Crippen molar-refractivity contribution in [1.29, 1.82) is 0 Å². The number of rotatable bonds is 4. The molecule has 1 aromatic heterocycles. The number of benzene rings is 1. The molecule has 2 heterocycles. The number of nitrogens with zero attached hydrogens (tertiary/aromatic N) is 3. The van der Waals surface area contributed by atoms with Gasteiger partial charge in [-0.25, -0.2) is 9.07 Å². The number of nitrogens with one attached hydrogen (secondary N) is 1. The summed E-state index contributed by atoms with van der Waals surface area (Å²) >= 11 is 0. The van der Waals surface area contributed by atoms with Crippen molar-refractivity contribution in [2.75, 3.05) is 13.7 Å². The average molecular weight is 338 g/mol. The van der Waals surface area contributed by atoms with Crippen LogP contribution in [0.25, 0.3) is 11.3 Å². The van der Waals surface area contributed by atoms with Crippen LogP contribution in [0.3, 0.4) is 0 Å². The molecule has 1 aliphatic heterocycles. The van der Waals surface area contributed by atoms with Gasteiger partial charge in [-0.3, -0.25) is 5.32 Å². The number of hydrogen-bond donors (Lipinski definition) is 4. The minimum absolute atomic E-state index is 0.399. The van der Waals surface area contributed by atoms with E-state index in [9.17, 15) is 19.7 Å². The molecule has 0 bridgehead atoms. The van der Waals surface area contributed by atoms with E-state index in [-0.39, 0.29) is 0 Å². The van der Waals surface area contributed by atoms with Gasteiger partial charge in [0.05, 0.1) is 12.8 Å². The molecule has 4 N–H and O–H groups in total. The van der Waals surface area contributed by atoms with Crippen LogP contribution in [0.15, 0.2) is 30.5 Å². The molecule has 8 nitrogen and oxygen atoms in total. The molecule has 5 atom stereocenters. The number of halogens is 1. The zero-order chi connectivity index (χ0) is 17.3. The van der Waals surface area contributed by atoms with E-state index in [1.165, 1.54) is 23.0 Å². The molecule has 3 rings (SSSR count). The third-order valence-electron chi connectivity index (χ3n) is 4.11. The summed E-state index contributed by atoms with van der Waals surface area (Å²) in [5.74, 6) is -0.399. The fourth-order valence-corrected chi connectivity index (χ4v) is 2.86. The molecule has 0 aliphatic carbocycles. The second-order valence-electron chi connectivity index (χ2n) is 5.63. The highest BCUT2D eigenvalue weighted by molar-refractivity contribution is 5.57. The van der Waals surface area contributed by atoms with E-state index in [2.05, 4.69) is 15.6 Å². The first-order chi connectivity index (χ1) is 11.5. The first kappa shape index (κ1) is 16.9. The van der Waals surface area contributed by atoms with Crippen LogP contribution in [0.4, 0.5) is 4.39 Å². The fourth-order valence-electron chi connectivity index (χ4n) is 2.86. The van der Waals surface area contributed by atoms with Crippen LogP contribution in [0.1, 0.15) is 6.04 Å². The molecule has 1 fully saturated rings. The summed E-state index contributed by atoms with van der Waals surface area (Å²) in [6.07, 6.45) is -2.44. The molecule has 2 aromatic rings. The standard InChI is InChI=1S/C15H19FN4O4/c1-17-15-14(23)12(13(22)11(7-21)24-15)20-6-10(18-19-20)8-3-2-4-9(16)5-8/h2-6,11-15,17,21-23H,7H2,1H3/t11?,12-,13-,14?,15+/m0/s1. The predicted molar refractivity (Wildman–Crippen MR) is 81.3 cm³/mol. The van der Waals surface area contributed by atoms with Gasteiger partial charge in [0, 0.05) is 5.56 Å². The highest BCUT2D eigenvalue weighted by Gasteiger charge is 2.45. The van der Waals surface area contributed by atoms with Crippen molar-refractivity contribution in [3.05, 3.63) is 36.3 Å². The summed E-state index contributed by atoms with van der Waals surface area (Å²) in [5, 5.41) is 40.8. The average Bonchev–Trinajstić information content (AvgIpc) is 3.05. The number of aliphatic hydroxyl groups is 3. The summed E-state index contributed by atoms with van der Waals surface area (Å²) in [7, 11) is 1.59. The van der Waals surface area contributed by atoms with Gasteiger partial charge < -0.3 is 20.1 Å². The van der Waals surface area contributed by atoms with E-state index in [1.54, 1.807) is 19.2 Å². The maximum absolute atomic E-state index is 13.3.